The van der Waals surface area contributed by atoms with Crippen molar-refractivity contribution in [3.63, 3.8) is 0 Å². The van der Waals surface area contributed by atoms with Gasteiger partial charge in [-0.2, -0.15) is 0 Å². The molecular weight excluding hydrogens is 228 g/mol. The Morgan fingerprint density at radius 3 is 2.18 bits per heavy atom. The third-order valence-electron chi connectivity index (χ3n) is 2.53. The molecule has 0 N–H and O–H groups in total. The van der Waals surface area contributed by atoms with Crippen LogP contribution in [-0.4, -0.2) is 14.0 Å². The van der Waals surface area contributed by atoms with E-state index in [0.29, 0.717) is 0 Å². The second kappa shape index (κ2) is 5.49. The molecule has 1 unspecified atom stereocenters. The molecule has 0 saturated carbocycles. The molecule has 0 fully saturated rings. The fourth-order valence-corrected chi connectivity index (χ4v) is 3.30. The molecule has 17 heavy (non-hydrogen) atoms. The molecular formula is C14H22O2Si. The molecule has 94 valence electrons. The maximum atomic E-state index is 10.9. The molecule has 0 spiro atoms. The van der Waals surface area contributed by atoms with Gasteiger partial charge in [0.25, 0.3) is 0 Å². The summed E-state index contributed by atoms with van der Waals surface area (Å²) in [7, 11) is -1.05. The summed E-state index contributed by atoms with van der Waals surface area (Å²) in [5.41, 5.74) is 2.43. The van der Waals surface area contributed by atoms with Gasteiger partial charge in [-0.15, -0.1) is 0 Å². The number of esters is 1. The SMILES string of the molecule is CC(=O)OC(C)c1ccc(C[Si](C)(C)C)cc1. The average molecular weight is 250 g/mol. The minimum atomic E-state index is -1.05. The Hall–Kier alpha value is -1.09. The Morgan fingerprint density at radius 1 is 1.24 bits per heavy atom. The molecule has 0 heterocycles. The van der Waals surface area contributed by atoms with E-state index < -0.39 is 8.07 Å². The maximum Gasteiger partial charge on any atom is 0.303 e. The van der Waals surface area contributed by atoms with E-state index >= 15 is 0 Å². The highest BCUT2D eigenvalue weighted by atomic mass is 28.3. The van der Waals surface area contributed by atoms with Crippen LogP contribution in [0.25, 0.3) is 0 Å². The van der Waals surface area contributed by atoms with Crippen molar-refractivity contribution in [2.45, 2.75) is 45.6 Å². The molecule has 3 heteroatoms. The summed E-state index contributed by atoms with van der Waals surface area (Å²) >= 11 is 0. The van der Waals surface area contributed by atoms with Gasteiger partial charge in [0.05, 0.1) is 0 Å². The molecule has 0 saturated heterocycles. The van der Waals surface area contributed by atoms with Gasteiger partial charge in [-0.25, -0.2) is 0 Å². The second-order valence-corrected chi connectivity index (χ2v) is 11.2. The van der Waals surface area contributed by atoms with Crippen LogP contribution in [0.5, 0.6) is 0 Å². The average Bonchev–Trinajstić information content (AvgIpc) is 2.15. The van der Waals surface area contributed by atoms with Crippen molar-refractivity contribution in [2.75, 3.05) is 0 Å². The number of benzene rings is 1. The van der Waals surface area contributed by atoms with E-state index in [1.165, 1.54) is 18.5 Å². The Morgan fingerprint density at radius 2 is 1.76 bits per heavy atom. The van der Waals surface area contributed by atoms with Crippen molar-refractivity contribution in [1.82, 2.24) is 0 Å². The predicted octanol–water partition coefficient (Wildman–Crippen LogP) is 3.73. The second-order valence-electron chi connectivity index (χ2n) is 5.73. The maximum absolute atomic E-state index is 10.9. The van der Waals surface area contributed by atoms with Crippen molar-refractivity contribution in [1.29, 1.82) is 0 Å². The number of carbonyl (C=O) groups is 1. The quantitative estimate of drug-likeness (QED) is 0.601. The first-order valence-corrected chi connectivity index (χ1v) is 9.75. The number of rotatable bonds is 4. The van der Waals surface area contributed by atoms with E-state index in [0.717, 1.165) is 5.56 Å². The van der Waals surface area contributed by atoms with E-state index in [2.05, 4.69) is 43.9 Å². The van der Waals surface area contributed by atoms with Gasteiger partial charge in [0, 0.05) is 15.0 Å². The first-order valence-electron chi connectivity index (χ1n) is 6.04. The molecule has 0 aliphatic heterocycles. The van der Waals surface area contributed by atoms with Crippen molar-refractivity contribution in [3.8, 4) is 0 Å². The van der Waals surface area contributed by atoms with Gasteiger partial charge < -0.3 is 4.74 Å². The third-order valence-corrected chi connectivity index (χ3v) is 4.00. The number of carbonyl (C=O) groups excluding carboxylic acids is 1. The smallest absolute Gasteiger partial charge is 0.303 e. The Labute approximate surface area is 105 Å². The summed E-state index contributed by atoms with van der Waals surface area (Å²) in [5, 5.41) is 0. The van der Waals surface area contributed by atoms with Crippen LogP contribution in [0.1, 0.15) is 31.1 Å². The topological polar surface area (TPSA) is 26.3 Å². The van der Waals surface area contributed by atoms with E-state index in [9.17, 15) is 4.79 Å². The number of ether oxygens (including phenoxy) is 1. The van der Waals surface area contributed by atoms with Crippen LogP contribution < -0.4 is 0 Å². The molecule has 0 bridgehead atoms. The minimum Gasteiger partial charge on any atom is -0.458 e. The van der Waals surface area contributed by atoms with Gasteiger partial charge in [-0.3, -0.25) is 4.79 Å². The number of hydrogen-bond acceptors (Lipinski definition) is 2. The highest BCUT2D eigenvalue weighted by Gasteiger charge is 2.14. The zero-order valence-electron chi connectivity index (χ0n) is 11.4. The molecule has 2 nitrogen and oxygen atoms in total. The lowest BCUT2D eigenvalue weighted by atomic mass is 10.1. The van der Waals surface area contributed by atoms with Crippen LogP contribution in [0.15, 0.2) is 24.3 Å². The molecule has 1 aromatic rings. The molecule has 0 aliphatic carbocycles. The van der Waals surface area contributed by atoms with Crippen molar-refractivity contribution in [2.24, 2.45) is 0 Å². The van der Waals surface area contributed by atoms with E-state index in [-0.39, 0.29) is 12.1 Å². The zero-order chi connectivity index (χ0) is 13.1. The van der Waals surface area contributed by atoms with Crippen LogP contribution in [0.2, 0.25) is 19.6 Å². The molecule has 0 radical (unpaired) electrons. The molecule has 1 aromatic carbocycles. The summed E-state index contributed by atoms with van der Waals surface area (Å²) in [4.78, 5) is 10.9. The van der Waals surface area contributed by atoms with Crippen LogP contribution in [-0.2, 0) is 15.6 Å². The van der Waals surface area contributed by atoms with Crippen LogP contribution in [0, 0.1) is 0 Å². The van der Waals surface area contributed by atoms with E-state index in [4.69, 9.17) is 4.74 Å². The molecule has 0 aromatic heterocycles. The van der Waals surface area contributed by atoms with Gasteiger partial charge in [0.15, 0.2) is 0 Å². The standard InChI is InChI=1S/C14H22O2Si/c1-11(16-12(2)15)14-8-6-13(7-9-14)10-17(3,4)5/h6-9,11H,10H2,1-5H3. The first-order chi connectivity index (χ1) is 7.78. The molecule has 0 aliphatic rings. The van der Waals surface area contributed by atoms with Gasteiger partial charge in [0.1, 0.15) is 6.10 Å². The molecule has 1 atom stereocenters. The summed E-state index contributed by atoms with van der Waals surface area (Å²) in [6.07, 6.45) is -0.159. The minimum absolute atomic E-state index is 0.159. The number of hydrogen-bond donors (Lipinski definition) is 0. The third kappa shape index (κ3) is 5.17. The van der Waals surface area contributed by atoms with Gasteiger partial charge in [-0.05, 0) is 18.5 Å². The Bertz CT molecular complexity index is 376. The summed E-state index contributed by atoms with van der Waals surface area (Å²) < 4.78 is 5.15. The molecule has 1 rings (SSSR count). The van der Waals surface area contributed by atoms with E-state index in [1.54, 1.807) is 0 Å². The zero-order valence-corrected chi connectivity index (χ0v) is 12.4. The normalized spacial score (nSPS) is 13.2. The first kappa shape index (κ1) is 14.0. The van der Waals surface area contributed by atoms with Crippen molar-refractivity contribution >= 4 is 14.0 Å². The lowest BCUT2D eigenvalue weighted by Gasteiger charge is -2.17. The van der Waals surface area contributed by atoms with Crippen molar-refractivity contribution < 1.29 is 9.53 Å². The molecule has 0 amide bonds. The van der Waals surface area contributed by atoms with Crippen LogP contribution in [0.3, 0.4) is 0 Å². The largest absolute Gasteiger partial charge is 0.458 e. The highest BCUT2D eigenvalue weighted by Crippen LogP contribution is 2.19. The fraction of sp³-hybridized carbons (Fsp3) is 0.500. The monoisotopic (exact) mass is 250 g/mol. The summed E-state index contributed by atoms with van der Waals surface area (Å²) in [5.74, 6) is -0.233. The predicted molar refractivity (Wildman–Crippen MR) is 73.7 cm³/mol. The summed E-state index contributed by atoms with van der Waals surface area (Å²) in [6, 6.07) is 9.60. The van der Waals surface area contributed by atoms with Gasteiger partial charge in [-0.1, -0.05) is 49.5 Å². The van der Waals surface area contributed by atoms with Crippen LogP contribution in [0.4, 0.5) is 0 Å². The Balaban J connectivity index is 2.71. The lowest BCUT2D eigenvalue weighted by molar-refractivity contribution is -0.145. The fourth-order valence-electron chi connectivity index (χ4n) is 1.84. The van der Waals surface area contributed by atoms with Crippen LogP contribution >= 0.6 is 0 Å². The van der Waals surface area contributed by atoms with E-state index in [1.807, 2.05) is 6.92 Å². The summed E-state index contributed by atoms with van der Waals surface area (Å²) in [6.45, 7) is 10.4. The lowest BCUT2D eigenvalue weighted by Crippen LogP contribution is -2.23. The van der Waals surface area contributed by atoms with Gasteiger partial charge in [0.2, 0.25) is 0 Å². The van der Waals surface area contributed by atoms with Gasteiger partial charge >= 0.3 is 5.97 Å². The van der Waals surface area contributed by atoms with Crippen molar-refractivity contribution in [3.05, 3.63) is 35.4 Å². The highest BCUT2D eigenvalue weighted by molar-refractivity contribution is 6.75. The Kier molecular flexibility index (Phi) is 4.51.